The number of carboxylic acids is 1. The van der Waals surface area contributed by atoms with Crippen molar-refractivity contribution in [2.75, 3.05) is 0 Å². The topological polar surface area (TPSA) is 83.5 Å². The fourth-order valence-electron chi connectivity index (χ4n) is 1.57. The Bertz CT molecular complexity index is 581. The van der Waals surface area contributed by atoms with E-state index in [1.54, 1.807) is 19.9 Å². The van der Waals surface area contributed by atoms with Crippen LogP contribution in [-0.2, 0) is 20.6 Å². The third-order valence-electron chi connectivity index (χ3n) is 2.64. The van der Waals surface area contributed by atoms with Gasteiger partial charge in [-0.1, -0.05) is 43.1 Å². The van der Waals surface area contributed by atoms with Gasteiger partial charge in [0, 0.05) is 15.6 Å². The van der Waals surface area contributed by atoms with E-state index in [0.29, 0.717) is 0 Å². The van der Waals surface area contributed by atoms with Crippen LogP contribution in [0.1, 0.15) is 19.4 Å². The lowest BCUT2D eigenvalue weighted by Crippen LogP contribution is -2.44. The van der Waals surface area contributed by atoms with E-state index in [9.17, 15) is 13.2 Å². The van der Waals surface area contributed by atoms with Gasteiger partial charge >= 0.3 is 5.97 Å². The van der Waals surface area contributed by atoms with Crippen molar-refractivity contribution in [2.45, 2.75) is 25.6 Å². The summed E-state index contributed by atoms with van der Waals surface area (Å²) in [5.41, 5.74) is 0.247. The molecule has 20 heavy (non-hydrogen) atoms. The number of carbonyl (C=O) groups is 1. The first kappa shape index (κ1) is 17.2. The van der Waals surface area contributed by atoms with Crippen LogP contribution in [0.3, 0.4) is 0 Å². The van der Waals surface area contributed by atoms with Crippen molar-refractivity contribution in [1.82, 2.24) is 4.72 Å². The average Bonchev–Trinajstić information content (AvgIpc) is 2.30. The Labute approximate surface area is 127 Å². The summed E-state index contributed by atoms with van der Waals surface area (Å²) in [6.45, 7) is 3.23. The molecule has 0 spiro atoms. The summed E-state index contributed by atoms with van der Waals surface area (Å²) in [5.74, 6) is -2.08. The summed E-state index contributed by atoms with van der Waals surface area (Å²) >= 11 is 11.8. The second kappa shape index (κ2) is 6.76. The van der Waals surface area contributed by atoms with E-state index in [1.165, 1.54) is 12.1 Å². The van der Waals surface area contributed by atoms with E-state index in [1.807, 2.05) is 0 Å². The van der Waals surface area contributed by atoms with E-state index < -0.39 is 27.8 Å². The molecule has 5 nitrogen and oxygen atoms in total. The van der Waals surface area contributed by atoms with E-state index in [2.05, 4.69) is 4.72 Å². The summed E-state index contributed by atoms with van der Waals surface area (Å²) in [6.07, 6.45) is 0. The smallest absolute Gasteiger partial charge is 0.321 e. The maximum atomic E-state index is 12.0. The van der Waals surface area contributed by atoms with Crippen molar-refractivity contribution in [3.63, 3.8) is 0 Å². The number of sulfonamides is 1. The van der Waals surface area contributed by atoms with Crippen LogP contribution in [-0.4, -0.2) is 25.5 Å². The van der Waals surface area contributed by atoms with Gasteiger partial charge in [0.25, 0.3) is 0 Å². The van der Waals surface area contributed by atoms with E-state index >= 15 is 0 Å². The second-order valence-corrected chi connectivity index (χ2v) is 7.21. The van der Waals surface area contributed by atoms with Crippen molar-refractivity contribution < 1.29 is 18.3 Å². The Kier molecular flexibility index (Phi) is 5.82. The van der Waals surface area contributed by atoms with Crippen LogP contribution < -0.4 is 4.72 Å². The Morgan fingerprint density at radius 1 is 1.30 bits per heavy atom. The molecule has 0 radical (unpaired) electrons. The van der Waals surface area contributed by atoms with Crippen molar-refractivity contribution in [1.29, 1.82) is 0 Å². The predicted octanol–water partition coefficient (Wildman–Crippen LogP) is 2.52. The molecule has 0 aliphatic carbocycles. The number of aliphatic carboxylic acids is 1. The molecule has 1 atom stereocenters. The minimum absolute atomic E-state index is 0.222. The highest BCUT2D eigenvalue weighted by atomic mass is 35.5. The molecule has 0 aliphatic heterocycles. The van der Waals surface area contributed by atoms with Gasteiger partial charge in [0.2, 0.25) is 10.0 Å². The first-order chi connectivity index (χ1) is 9.14. The standard InChI is InChI=1S/C12H15Cl2NO4S/c1-7(2)11(12(16)17)15-20(18,19)6-8-9(13)4-3-5-10(8)14/h3-5,7,11,15H,6H2,1-2H3,(H,16,17)/t11-/m0/s1. The number of rotatable bonds is 6. The van der Waals surface area contributed by atoms with Gasteiger partial charge in [0.1, 0.15) is 6.04 Å². The second-order valence-electron chi connectivity index (χ2n) is 4.64. The first-order valence-electron chi connectivity index (χ1n) is 5.79. The van der Waals surface area contributed by atoms with Crippen LogP contribution in [0.15, 0.2) is 18.2 Å². The zero-order valence-corrected chi connectivity index (χ0v) is 13.3. The highest BCUT2D eigenvalue weighted by Crippen LogP contribution is 2.26. The average molecular weight is 340 g/mol. The number of hydrogen-bond acceptors (Lipinski definition) is 3. The quantitative estimate of drug-likeness (QED) is 0.834. The normalized spacial score (nSPS) is 13.4. The summed E-state index contributed by atoms with van der Waals surface area (Å²) in [5, 5.41) is 9.45. The van der Waals surface area contributed by atoms with Crippen molar-refractivity contribution >= 4 is 39.2 Å². The van der Waals surface area contributed by atoms with Gasteiger partial charge in [0.15, 0.2) is 0 Å². The van der Waals surface area contributed by atoms with Crippen LogP contribution in [0, 0.1) is 5.92 Å². The molecule has 0 saturated heterocycles. The number of hydrogen-bond donors (Lipinski definition) is 2. The molecular formula is C12H15Cl2NO4S. The van der Waals surface area contributed by atoms with Gasteiger partial charge in [0.05, 0.1) is 5.75 Å². The monoisotopic (exact) mass is 339 g/mol. The minimum Gasteiger partial charge on any atom is -0.480 e. The van der Waals surface area contributed by atoms with Crippen LogP contribution in [0.4, 0.5) is 0 Å². The summed E-state index contributed by atoms with van der Waals surface area (Å²) in [6, 6.07) is 3.45. The van der Waals surface area contributed by atoms with Crippen molar-refractivity contribution in [3.8, 4) is 0 Å². The summed E-state index contributed by atoms with van der Waals surface area (Å²) in [4.78, 5) is 11.0. The highest BCUT2D eigenvalue weighted by Gasteiger charge is 2.27. The van der Waals surface area contributed by atoms with Gasteiger partial charge in [-0.25, -0.2) is 13.1 Å². The molecule has 0 unspecified atom stereocenters. The number of benzene rings is 1. The van der Waals surface area contributed by atoms with Gasteiger partial charge in [-0.2, -0.15) is 0 Å². The van der Waals surface area contributed by atoms with Crippen molar-refractivity contribution in [3.05, 3.63) is 33.8 Å². The van der Waals surface area contributed by atoms with E-state index in [-0.39, 0.29) is 21.5 Å². The molecule has 0 saturated carbocycles. The lowest BCUT2D eigenvalue weighted by atomic mass is 10.1. The van der Waals surface area contributed by atoms with Crippen molar-refractivity contribution in [2.24, 2.45) is 5.92 Å². The van der Waals surface area contributed by atoms with Gasteiger partial charge < -0.3 is 5.11 Å². The SMILES string of the molecule is CC(C)[C@H](NS(=O)(=O)Cc1c(Cl)cccc1Cl)C(=O)O. The molecule has 2 N–H and O–H groups in total. The largest absolute Gasteiger partial charge is 0.480 e. The maximum absolute atomic E-state index is 12.0. The minimum atomic E-state index is -3.87. The zero-order valence-electron chi connectivity index (χ0n) is 10.9. The van der Waals surface area contributed by atoms with Gasteiger partial charge in [-0.15, -0.1) is 0 Å². The fraction of sp³-hybridized carbons (Fsp3) is 0.417. The Hall–Kier alpha value is -0.820. The van der Waals surface area contributed by atoms with E-state index in [4.69, 9.17) is 28.3 Å². The number of halogens is 2. The molecular weight excluding hydrogens is 325 g/mol. The van der Waals surface area contributed by atoms with Gasteiger partial charge in [-0.05, 0) is 18.1 Å². The molecule has 1 aromatic rings. The molecule has 0 aromatic heterocycles. The Morgan fingerprint density at radius 3 is 2.20 bits per heavy atom. The summed E-state index contributed by atoms with van der Waals surface area (Å²) < 4.78 is 26.2. The number of nitrogens with one attached hydrogen (secondary N) is 1. The molecule has 0 heterocycles. The Balaban J connectivity index is 2.98. The molecule has 112 valence electrons. The van der Waals surface area contributed by atoms with Gasteiger partial charge in [-0.3, -0.25) is 4.79 Å². The summed E-state index contributed by atoms with van der Waals surface area (Å²) in [7, 11) is -3.87. The molecule has 0 amide bonds. The first-order valence-corrected chi connectivity index (χ1v) is 8.20. The molecule has 0 fully saturated rings. The lowest BCUT2D eigenvalue weighted by molar-refractivity contribution is -0.140. The molecule has 8 heteroatoms. The van der Waals surface area contributed by atoms with Crippen LogP contribution in [0.5, 0.6) is 0 Å². The zero-order chi connectivity index (χ0) is 15.5. The molecule has 0 bridgehead atoms. The van der Waals surface area contributed by atoms with Crippen LogP contribution in [0.25, 0.3) is 0 Å². The fourth-order valence-corrected chi connectivity index (χ4v) is 3.79. The van der Waals surface area contributed by atoms with E-state index in [0.717, 1.165) is 0 Å². The molecule has 1 rings (SSSR count). The van der Waals surface area contributed by atoms with Crippen LogP contribution >= 0.6 is 23.2 Å². The predicted molar refractivity (Wildman–Crippen MR) is 78.5 cm³/mol. The third kappa shape index (κ3) is 4.63. The highest BCUT2D eigenvalue weighted by molar-refractivity contribution is 7.88. The van der Waals surface area contributed by atoms with Crippen LogP contribution in [0.2, 0.25) is 10.0 Å². The molecule has 1 aromatic carbocycles. The molecule has 0 aliphatic rings. The maximum Gasteiger partial charge on any atom is 0.321 e. The number of carboxylic acid groups (broad SMARTS) is 1. The lowest BCUT2D eigenvalue weighted by Gasteiger charge is -2.18. The Morgan fingerprint density at radius 2 is 1.80 bits per heavy atom. The third-order valence-corrected chi connectivity index (χ3v) is 4.63.